The average Bonchev–Trinajstić information content (AvgIpc) is 3.34. The molecule has 4 rings (SSSR count). The fraction of sp³-hybridized carbons (Fsp3) is 0.208. The molecule has 2 N–H and O–H groups in total. The zero-order valence-electron chi connectivity index (χ0n) is 18.1. The summed E-state index contributed by atoms with van der Waals surface area (Å²) in [5.41, 5.74) is 2.31. The van der Waals surface area contributed by atoms with E-state index in [1.807, 2.05) is 19.9 Å². The van der Waals surface area contributed by atoms with Crippen molar-refractivity contribution < 1.29 is 28.2 Å². The van der Waals surface area contributed by atoms with E-state index in [2.05, 4.69) is 0 Å². The first kappa shape index (κ1) is 22.9. The van der Waals surface area contributed by atoms with Gasteiger partial charge in [0.15, 0.2) is 0 Å². The number of hydrogen-bond donors (Lipinski definition) is 2. The minimum absolute atomic E-state index is 0.0969. The Morgan fingerprint density at radius 3 is 2.52 bits per heavy atom. The summed E-state index contributed by atoms with van der Waals surface area (Å²) in [5, 5.41) is 19.4. The highest BCUT2D eigenvalue weighted by Crippen LogP contribution is 2.38. The zero-order valence-corrected chi connectivity index (χ0v) is 19.7. The average molecular weight is 486 g/mol. The third-order valence-corrected chi connectivity index (χ3v) is 8.47. The van der Waals surface area contributed by atoms with E-state index in [4.69, 9.17) is 9.84 Å². The van der Waals surface area contributed by atoms with Crippen molar-refractivity contribution in [3.8, 4) is 22.6 Å². The van der Waals surface area contributed by atoms with E-state index in [1.165, 1.54) is 33.6 Å². The van der Waals surface area contributed by atoms with Crippen molar-refractivity contribution in [2.75, 3.05) is 6.61 Å². The molecule has 0 spiro atoms. The Balaban J connectivity index is 1.89. The highest BCUT2D eigenvalue weighted by Gasteiger charge is 2.27. The smallest absolute Gasteiger partial charge is 0.303 e. The number of rotatable bonds is 8. The molecule has 0 aliphatic rings. The monoisotopic (exact) mass is 485 g/mol. The largest absolute Gasteiger partial charge is 0.508 e. The molecular formula is C24H23NO6S2. The van der Waals surface area contributed by atoms with Crippen molar-refractivity contribution in [1.29, 1.82) is 0 Å². The zero-order chi connectivity index (χ0) is 23.8. The first-order valence-corrected chi connectivity index (χ1v) is 12.6. The molecule has 2 aromatic heterocycles. The molecule has 0 radical (unpaired) electrons. The van der Waals surface area contributed by atoms with E-state index >= 15 is 0 Å². The first-order valence-electron chi connectivity index (χ1n) is 10.3. The van der Waals surface area contributed by atoms with Crippen LogP contribution in [0.1, 0.15) is 23.8 Å². The lowest BCUT2D eigenvalue weighted by Gasteiger charge is -2.09. The maximum atomic E-state index is 13.9. The van der Waals surface area contributed by atoms with Crippen LogP contribution in [0.25, 0.3) is 22.0 Å². The molecule has 0 amide bonds. The Bertz CT molecular complexity index is 1430. The number of fused-ring (bicyclic) bond motifs is 1. The Hall–Kier alpha value is -3.30. The number of carbonyl (C=O) groups is 1. The van der Waals surface area contributed by atoms with Gasteiger partial charge in [-0.3, -0.25) is 4.79 Å². The molecule has 4 aromatic rings. The summed E-state index contributed by atoms with van der Waals surface area (Å²) >= 11 is 1.17. The van der Waals surface area contributed by atoms with E-state index in [-0.39, 0.29) is 22.8 Å². The maximum absolute atomic E-state index is 13.9. The fourth-order valence-corrected chi connectivity index (χ4v) is 6.89. The third kappa shape index (κ3) is 4.46. The molecule has 0 unspecified atom stereocenters. The number of benzene rings is 2. The molecule has 2 heterocycles. The summed E-state index contributed by atoms with van der Waals surface area (Å²) in [5.74, 6) is -0.267. The Morgan fingerprint density at radius 2 is 1.85 bits per heavy atom. The Labute approximate surface area is 195 Å². The van der Waals surface area contributed by atoms with Crippen molar-refractivity contribution in [2.45, 2.75) is 30.9 Å². The SMILES string of the molecule is CCOc1ccc2c(c1)c(CCC(=O)O)cn2S(=O)(=O)c1sc(C)cc1-c1ccc(O)cc1. The summed E-state index contributed by atoms with van der Waals surface area (Å²) in [7, 11) is -3.99. The maximum Gasteiger partial charge on any atom is 0.303 e. The molecule has 33 heavy (non-hydrogen) atoms. The van der Waals surface area contributed by atoms with Gasteiger partial charge in [-0.2, -0.15) is 8.42 Å². The van der Waals surface area contributed by atoms with Gasteiger partial charge < -0.3 is 14.9 Å². The van der Waals surface area contributed by atoms with E-state index in [0.29, 0.717) is 39.9 Å². The Morgan fingerprint density at radius 1 is 1.12 bits per heavy atom. The summed E-state index contributed by atoms with van der Waals surface area (Å²) in [6.45, 7) is 4.16. The second-order valence-electron chi connectivity index (χ2n) is 7.57. The number of phenolic OH excluding ortho intramolecular Hbond substituents is 1. The number of phenols is 1. The number of aliphatic carboxylic acids is 1. The van der Waals surface area contributed by atoms with Crippen LogP contribution in [0.5, 0.6) is 11.5 Å². The summed E-state index contributed by atoms with van der Waals surface area (Å²) in [6.07, 6.45) is 1.58. The van der Waals surface area contributed by atoms with Gasteiger partial charge in [-0.1, -0.05) is 12.1 Å². The lowest BCUT2D eigenvalue weighted by atomic mass is 10.1. The number of carboxylic acids is 1. The molecule has 0 atom stereocenters. The first-order chi connectivity index (χ1) is 15.7. The van der Waals surface area contributed by atoms with Gasteiger partial charge in [0.25, 0.3) is 10.0 Å². The van der Waals surface area contributed by atoms with E-state index < -0.39 is 16.0 Å². The summed E-state index contributed by atoms with van der Waals surface area (Å²) in [4.78, 5) is 12.0. The lowest BCUT2D eigenvalue weighted by Crippen LogP contribution is -2.11. The van der Waals surface area contributed by atoms with Crippen LogP contribution in [0.15, 0.2) is 58.9 Å². The normalized spacial score (nSPS) is 11.7. The number of nitrogens with zero attached hydrogens (tertiary/aromatic N) is 1. The topological polar surface area (TPSA) is 106 Å². The highest BCUT2D eigenvalue weighted by atomic mass is 32.2. The number of hydrogen-bond acceptors (Lipinski definition) is 6. The van der Waals surface area contributed by atoms with Crippen LogP contribution >= 0.6 is 11.3 Å². The van der Waals surface area contributed by atoms with Gasteiger partial charge in [-0.15, -0.1) is 11.3 Å². The molecule has 9 heteroatoms. The molecule has 0 aliphatic carbocycles. The van der Waals surface area contributed by atoms with Crippen LogP contribution in [0.3, 0.4) is 0 Å². The van der Waals surface area contributed by atoms with Gasteiger partial charge in [-0.25, -0.2) is 3.97 Å². The predicted molar refractivity (Wildman–Crippen MR) is 128 cm³/mol. The molecular weight excluding hydrogens is 462 g/mol. The van der Waals surface area contributed by atoms with Crippen molar-refractivity contribution in [2.24, 2.45) is 0 Å². The van der Waals surface area contributed by atoms with Crippen LogP contribution in [0, 0.1) is 6.92 Å². The minimum atomic E-state index is -3.99. The van der Waals surface area contributed by atoms with Crippen LogP contribution in [0.2, 0.25) is 0 Å². The lowest BCUT2D eigenvalue weighted by molar-refractivity contribution is -0.136. The molecule has 0 fully saturated rings. The van der Waals surface area contributed by atoms with Gasteiger partial charge in [0, 0.05) is 28.4 Å². The van der Waals surface area contributed by atoms with Gasteiger partial charge in [0.2, 0.25) is 0 Å². The second-order valence-corrected chi connectivity index (χ2v) is 10.8. The number of aromatic hydroxyl groups is 1. The van der Waals surface area contributed by atoms with Gasteiger partial charge >= 0.3 is 5.97 Å². The number of aromatic nitrogens is 1. The molecule has 0 saturated heterocycles. The summed E-state index contributed by atoms with van der Waals surface area (Å²) < 4.78 is 34.7. The minimum Gasteiger partial charge on any atom is -0.508 e. The fourth-order valence-electron chi connectivity index (χ4n) is 3.76. The Kier molecular flexibility index (Phi) is 6.18. The van der Waals surface area contributed by atoms with Gasteiger partial charge in [0.05, 0.1) is 12.1 Å². The molecule has 0 saturated carbocycles. The van der Waals surface area contributed by atoms with Crippen LogP contribution in [-0.2, 0) is 21.2 Å². The van der Waals surface area contributed by atoms with Crippen molar-refractivity contribution in [3.05, 3.63) is 65.2 Å². The quantitative estimate of drug-likeness (QED) is 0.362. The standard InChI is InChI=1S/C24H23NO6S2/c1-3-31-19-9-10-22-20(13-19)17(6-11-23(27)28)14-25(22)33(29,30)24-21(12-15(2)32-24)16-4-7-18(26)8-5-16/h4-5,7-10,12-14,26H,3,6,11H2,1-2H3,(H,27,28). The number of carboxylic acid groups (broad SMARTS) is 1. The van der Waals surface area contributed by atoms with Gasteiger partial charge in [0.1, 0.15) is 15.7 Å². The summed E-state index contributed by atoms with van der Waals surface area (Å²) in [6, 6.07) is 13.3. The van der Waals surface area contributed by atoms with Crippen molar-refractivity contribution >= 4 is 38.2 Å². The molecule has 172 valence electrons. The van der Waals surface area contributed by atoms with Gasteiger partial charge in [-0.05, 0) is 67.8 Å². The van der Waals surface area contributed by atoms with E-state index in [0.717, 1.165) is 4.88 Å². The van der Waals surface area contributed by atoms with Crippen LogP contribution in [0.4, 0.5) is 0 Å². The van der Waals surface area contributed by atoms with Crippen molar-refractivity contribution in [1.82, 2.24) is 3.97 Å². The van der Waals surface area contributed by atoms with Crippen molar-refractivity contribution in [3.63, 3.8) is 0 Å². The predicted octanol–water partition coefficient (Wildman–Crippen LogP) is 5.04. The van der Waals surface area contributed by atoms with E-state index in [1.54, 1.807) is 30.3 Å². The molecule has 0 bridgehead atoms. The number of ether oxygens (including phenoxy) is 1. The van der Waals surface area contributed by atoms with Crippen LogP contribution < -0.4 is 4.74 Å². The number of aryl methyl sites for hydroxylation is 2. The number of thiophene rings is 1. The second kappa shape index (κ2) is 8.92. The molecule has 2 aromatic carbocycles. The third-order valence-electron chi connectivity index (χ3n) is 5.24. The van der Waals surface area contributed by atoms with Crippen LogP contribution in [-0.4, -0.2) is 35.2 Å². The molecule has 7 nitrogen and oxygen atoms in total. The highest BCUT2D eigenvalue weighted by molar-refractivity contribution is 7.92. The molecule has 0 aliphatic heterocycles. The van der Waals surface area contributed by atoms with E-state index in [9.17, 15) is 18.3 Å².